The van der Waals surface area contributed by atoms with Crippen molar-refractivity contribution in [3.63, 3.8) is 0 Å². The van der Waals surface area contributed by atoms with Crippen LogP contribution in [-0.2, 0) is 17.8 Å². The van der Waals surface area contributed by atoms with Crippen molar-refractivity contribution in [3.05, 3.63) is 34.5 Å². The van der Waals surface area contributed by atoms with Crippen LogP contribution < -0.4 is 5.32 Å². The predicted octanol–water partition coefficient (Wildman–Crippen LogP) is 3.75. The van der Waals surface area contributed by atoms with E-state index in [-0.39, 0.29) is 0 Å². The minimum atomic E-state index is 0.678. The van der Waals surface area contributed by atoms with Crippen LogP contribution in [0.4, 0.5) is 5.69 Å². The average molecular weight is 270 g/mol. The smallest absolute Gasteiger partial charge is 0.0758 e. The van der Waals surface area contributed by atoms with E-state index in [4.69, 9.17) is 9.72 Å². The van der Waals surface area contributed by atoms with E-state index in [1.54, 1.807) is 0 Å². The first-order valence-corrected chi connectivity index (χ1v) is 7.45. The second-order valence-corrected chi connectivity index (χ2v) is 5.55. The highest BCUT2D eigenvalue weighted by molar-refractivity contribution is 5.95. The number of hydrogen-bond donors (Lipinski definition) is 1. The largest absolute Gasteiger partial charge is 0.384 e. The van der Waals surface area contributed by atoms with E-state index < -0.39 is 0 Å². The molecule has 3 rings (SSSR count). The van der Waals surface area contributed by atoms with Gasteiger partial charge in [0.25, 0.3) is 0 Å². The first kappa shape index (κ1) is 13.4. The normalized spacial score (nSPS) is 14.3. The number of anilines is 1. The van der Waals surface area contributed by atoms with Gasteiger partial charge in [0.05, 0.1) is 30.1 Å². The molecule has 2 heterocycles. The van der Waals surface area contributed by atoms with E-state index in [1.165, 1.54) is 33.5 Å². The van der Waals surface area contributed by atoms with Crippen molar-refractivity contribution >= 4 is 16.6 Å². The van der Waals surface area contributed by atoms with Crippen LogP contribution >= 0.6 is 0 Å². The molecule has 0 amide bonds. The Morgan fingerprint density at radius 1 is 1.30 bits per heavy atom. The van der Waals surface area contributed by atoms with Crippen molar-refractivity contribution in [3.8, 4) is 0 Å². The van der Waals surface area contributed by atoms with Crippen LogP contribution in [0.1, 0.15) is 35.7 Å². The summed E-state index contributed by atoms with van der Waals surface area (Å²) in [4.78, 5) is 4.92. The zero-order valence-electron chi connectivity index (χ0n) is 12.5. The van der Waals surface area contributed by atoms with Crippen LogP contribution in [0.15, 0.2) is 12.1 Å². The fraction of sp³-hybridized carbons (Fsp3) is 0.471. The molecule has 0 radical (unpaired) electrons. The fourth-order valence-electron chi connectivity index (χ4n) is 2.81. The predicted molar refractivity (Wildman–Crippen MR) is 83.4 cm³/mol. The van der Waals surface area contributed by atoms with Gasteiger partial charge in [-0.2, -0.15) is 0 Å². The van der Waals surface area contributed by atoms with E-state index in [1.807, 2.05) is 0 Å². The molecule has 2 aromatic rings. The van der Waals surface area contributed by atoms with Gasteiger partial charge in [-0.1, -0.05) is 19.1 Å². The van der Waals surface area contributed by atoms with E-state index in [0.717, 1.165) is 31.5 Å². The van der Waals surface area contributed by atoms with Gasteiger partial charge in [-0.25, -0.2) is 0 Å². The van der Waals surface area contributed by atoms with Crippen molar-refractivity contribution in [2.24, 2.45) is 0 Å². The van der Waals surface area contributed by atoms with Crippen molar-refractivity contribution in [2.45, 2.75) is 40.2 Å². The van der Waals surface area contributed by atoms with E-state index in [2.05, 4.69) is 38.2 Å². The molecular formula is C17H22N2O. The second-order valence-electron chi connectivity index (χ2n) is 5.55. The monoisotopic (exact) mass is 270 g/mol. The van der Waals surface area contributed by atoms with Crippen molar-refractivity contribution < 1.29 is 4.74 Å². The van der Waals surface area contributed by atoms with Crippen LogP contribution in [0.3, 0.4) is 0 Å². The Hall–Kier alpha value is -1.61. The third-order valence-electron chi connectivity index (χ3n) is 4.15. The highest BCUT2D eigenvalue weighted by Crippen LogP contribution is 2.33. The molecule has 0 aliphatic carbocycles. The highest BCUT2D eigenvalue weighted by atomic mass is 16.5. The minimum absolute atomic E-state index is 0.678. The van der Waals surface area contributed by atoms with E-state index in [9.17, 15) is 0 Å². The standard InChI is InChI=1S/C17H22N2O/c1-4-8-18-17-13-6-5-11(2)12(3)16(13)19-15-7-9-20-10-14(15)17/h5-6H,4,7-10H2,1-3H3,(H,18,19). The van der Waals surface area contributed by atoms with Gasteiger partial charge in [-0.15, -0.1) is 0 Å². The molecule has 106 valence electrons. The van der Waals surface area contributed by atoms with Crippen LogP contribution in [-0.4, -0.2) is 18.1 Å². The van der Waals surface area contributed by atoms with Gasteiger partial charge >= 0.3 is 0 Å². The number of aromatic nitrogens is 1. The molecular weight excluding hydrogens is 248 g/mol. The summed E-state index contributed by atoms with van der Waals surface area (Å²) in [6.45, 7) is 8.95. The maximum Gasteiger partial charge on any atom is 0.0758 e. The van der Waals surface area contributed by atoms with Crippen molar-refractivity contribution in [1.82, 2.24) is 4.98 Å². The van der Waals surface area contributed by atoms with Crippen LogP contribution in [0.25, 0.3) is 10.9 Å². The lowest BCUT2D eigenvalue weighted by molar-refractivity contribution is 0.110. The molecule has 0 saturated carbocycles. The summed E-state index contributed by atoms with van der Waals surface area (Å²) in [6, 6.07) is 4.38. The fourth-order valence-corrected chi connectivity index (χ4v) is 2.81. The Kier molecular flexibility index (Phi) is 3.62. The third kappa shape index (κ3) is 2.16. The molecule has 1 aliphatic rings. The summed E-state index contributed by atoms with van der Waals surface area (Å²) in [7, 11) is 0. The molecule has 0 fully saturated rings. The van der Waals surface area contributed by atoms with Gasteiger partial charge in [0.1, 0.15) is 0 Å². The van der Waals surface area contributed by atoms with Crippen molar-refractivity contribution in [2.75, 3.05) is 18.5 Å². The Morgan fingerprint density at radius 2 is 2.15 bits per heavy atom. The number of fused-ring (bicyclic) bond motifs is 2. The minimum Gasteiger partial charge on any atom is -0.384 e. The van der Waals surface area contributed by atoms with Gasteiger partial charge in [0.15, 0.2) is 0 Å². The molecule has 1 aromatic heterocycles. The summed E-state index contributed by atoms with van der Waals surface area (Å²) in [5, 5.41) is 4.82. The first-order valence-electron chi connectivity index (χ1n) is 7.45. The van der Waals surface area contributed by atoms with E-state index >= 15 is 0 Å². The molecule has 0 unspecified atom stereocenters. The van der Waals surface area contributed by atoms with Gasteiger partial charge in [0, 0.05) is 23.9 Å². The zero-order chi connectivity index (χ0) is 14.1. The van der Waals surface area contributed by atoms with Gasteiger partial charge < -0.3 is 10.1 Å². The number of benzene rings is 1. The Labute approximate surface area is 120 Å². The number of ether oxygens (including phenoxy) is 1. The quantitative estimate of drug-likeness (QED) is 0.922. The first-order chi connectivity index (χ1) is 9.72. The van der Waals surface area contributed by atoms with Crippen LogP contribution in [0.2, 0.25) is 0 Å². The summed E-state index contributed by atoms with van der Waals surface area (Å²) >= 11 is 0. The van der Waals surface area contributed by atoms with Crippen LogP contribution in [0, 0.1) is 13.8 Å². The Balaban J connectivity index is 2.27. The van der Waals surface area contributed by atoms with Crippen molar-refractivity contribution in [1.29, 1.82) is 0 Å². The maximum absolute atomic E-state index is 5.64. The number of hydrogen-bond acceptors (Lipinski definition) is 3. The van der Waals surface area contributed by atoms with Gasteiger partial charge in [-0.3, -0.25) is 4.98 Å². The number of rotatable bonds is 3. The zero-order valence-corrected chi connectivity index (χ0v) is 12.5. The molecule has 0 saturated heterocycles. The molecule has 1 aliphatic heterocycles. The molecule has 3 heteroatoms. The molecule has 0 atom stereocenters. The molecule has 1 N–H and O–H groups in total. The Bertz CT molecular complexity index is 649. The number of nitrogens with one attached hydrogen (secondary N) is 1. The van der Waals surface area contributed by atoms with E-state index in [0.29, 0.717) is 6.61 Å². The highest BCUT2D eigenvalue weighted by Gasteiger charge is 2.19. The topological polar surface area (TPSA) is 34.2 Å². The Morgan fingerprint density at radius 3 is 2.95 bits per heavy atom. The summed E-state index contributed by atoms with van der Waals surface area (Å²) < 4.78 is 5.64. The number of pyridine rings is 1. The SMILES string of the molecule is CCCNc1c2c(nc3c(C)c(C)ccc13)CCOC2. The molecule has 1 aromatic carbocycles. The molecule has 0 spiro atoms. The number of aryl methyl sites for hydroxylation is 2. The second kappa shape index (κ2) is 5.41. The number of nitrogens with zero attached hydrogens (tertiary/aromatic N) is 1. The van der Waals surface area contributed by atoms with Crippen LogP contribution in [0.5, 0.6) is 0 Å². The molecule has 0 bridgehead atoms. The lowest BCUT2D eigenvalue weighted by Crippen LogP contribution is -2.16. The lowest BCUT2D eigenvalue weighted by Gasteiger charge is -2.22. The van der Waals surface area contributed by atoms with Gasteiger partial charge in [-0.05, 0) is 31.4 Å². The summed E-state index contributed by atoms with van der Waals surface area (Å²) in [6.07, 6.45) is 2.03. The lowest BCUT2D eigenvalue weighted by atomic mass is 9.98. The van der Waals surface area contributed by atoms with Gasteiger partial charge in [0.2, 0.25) is 0 Å². The molecule has 3 nitrogen and oxygen atoms in total. The summed E-state index contributed by atoms with van der Waals surface area (Å²) in [5.41, 5.74) is 7.42. The summed E-state index contributed by atoms with van der Waals surface area (Å²) in [5.74, 6) is 0. The maximum atomic E-state index is 5.64. The molecule has 20 heavy (non-hydrogen) atoms. The average Bonchev–Trinajstić information content (AvgIpc) is 2.48. The third-order valence-corrected chi connectivity index (χ3v) is 4.15.